The Kier molecular flexibility index (Phi) is 9.01. The summed E-state index contributed by atoms with van der Waals surface area (Å²) in [5, 5.41) is 5.88. The fraction of sp³-hybridized carbons (Fsp3) is 0.679. The van der Waals surface area contributed by atoms with E-state index in [2.05, 4.69) is 17.6 Å². The van der Waals surface area contributed by atoms with Crippen LogP contribution in [-0.4, -0.2) is 46.0 Å². The Labute approximate surface area is 211 Å². The predicted molar refractivity (Wildman–Crippen MR) is 139 cm³/mol. The van der Waals surface area contributed by atoms with Crippen LogP contribution in [0, 0.1) is 18.8 Å². The topological polar surface area (TPSA) is 87.7 Å². The molecule has 1 fully saturated rings. The number of ether oxygens (including phenoxy) is 1. The zero-order chi connectivity index (χ0) is 26.7. The van der Waals surface area contributed by atoms with Crippen molar-refractivity contribution in [2.24, 2.45) is 11.8 Å². The minimum absolute atomic E-state index is 0.0752. The molecule has 35 heavy (non-hydrogen) atoms. The molecule has 3 amide bonds. The van der Waals surface area contributed by atoms with Crippen LogP contribution in [0.1, 0.15) is 92.3 Å². The van der Waals surface area contributed by atoms with Crippen LogP contribution in [-0.2, 0) is 14.3 Å². The van der Waals surface area contributed by atoms with Crippen LogP contribution in [0.5, 0.6) is 0 Å². The van der Waals surface area contributed by atoms with E-state index < -0.39 is 29.3 Å². The number of alkyl carbamates (subject to hydrolysis) is 1. The van der Waals surface area contributed by atoms with Crippen LogP contribution >= 0.6 is 0 Å². The molecule has 1 aliphatic rings. The van der Waals surface area contributed by atoms with Crippen LogP contribution in [0.2, 0.25) is 0 Å². The molecule has 0 aromatic heterocycles. The van der Waals surface area contributed by atoms with E-state index in [1.54, 1.807) is 25.7 Å². The van der Waals surface area contributed by atoms with E-state index in [1.165, 1.54) is 0 Å². The molecule has 0 bridgehead atoms. The van der Waals surface area contributed by atoms with Gasteiger partial charge in [0.15, 0.2) is 0 Å². The molecular formula is C28H45N3O4. The number of nitrogens with one attached hydrogen (secondary N) is 2. The van der Waals surface area contributed by atoms with Gasteiger partial charge in [0.2, 0.25) is 11.8 Å². The highest BCUT2D eigenvalue weighted by atomic mass is 16.6. The lowest BCUT2D eigenvalue weighted by atomic mass is 9.97. The summed E-state index contributed by atoms with van der Waals surface area (Å²) in [4.78, 5) is 42.2. The lowest BCUT2D eigenvalue weighted by Gasteiger charge is -2.37. The second-order valence-corrected chi connectivity index (χ2v) is 12.4. The van der Waals surface area contributed by atoms with Crippen molar-refractivity contribution in [2.45, 2.75) is 111 Å². The van der Waals surface area contributed by atoms with Gasteiger partial charge in [-0.3, -0.25) is 9.59 Å². The predicted octanol–water partition coefficient (Wildman–Crippen LogP) is 5.13. The lowest BCUT2D eigenvalue weighted by molar-refractivity contribution is -0.144. The number of nitrogens with zero attached hydrogens (tertiary/aromatic N) is 1. The average Bonchev–Trinajstić information content (AvgIpc) is 3.37. The van der Waals surface area contributed by atoms with E-state index in [0.29, 0.717) is 6.42 Å². The van der Waals surface area contributed by atoms with Crippen molar-refractivity contribution in [3.05, 3.63) is 35.4 Å². The first-order valence-corrected chi connectivity index (χ1v) is 12.7. The normalized spacial score (nSPS) is 19.5. The van der Waals surface area contributed by atoms with Gasteiger partial charge in [0.1, 0.15) is 17.7 Å². The van der Waals surface area contributed by atoms with Crippen LogP contribution in [0.3, 0.4) is 0 Å². The summed E-state index contributed by atoms with van der Waals surface area (Å²) in [5.41, 5.74) is 0.629. The summed E-state index contributed by atoms with van der Waals surface area (Å²) in [6, 6.07) is 6.06. The van der Waals surface area contributed by atoms with Crippen molar-refractivity contribution in [3.63, 3.8) is 0 Å². The minimum atomic E-state index is -0.799. The van der Waals surface area contributed by atoms with Gasteiger partial charge in [-0.2, -0.15) is 0 Å². The van der Waals surface area contributed by atoms with Crippen molar-refractivity contribution in [1.82, 2.24) is 15.5 Å². The Morgan fingerprint density at radius 2 is 1.71 bits per heavy atom. The molecule has 0 spiro atoms. The average molecular weight is 488 g/mol. The zero-order valence-corrected chi connectivity index (χ0v) is 23.2. The Hall–Kier alpha value is -2.57. The van der Waals surface area contributed by atoms with Crippen molar-refractivity contribution >= 4 is 17.9 Å². The summed E-state index contributed by atoms with van der Waals surface area (Å²) >= 11 is 0. The van der Waals surface area contributed by atoms with Crippen LogP contribution in [0.15, 0.2) is 24.3 Å². The third-order valence-corrected chi connectivity index (χ3v) is 5.76. The minimum Gasteiger partial charge on any atom is -0.444 e. The van der Waals surface area contributed by atoms with E-state index in [1.807, 2.05) is 65.8 Å². The second-order valence-electron chi connectivity index (χ2n) is 12.4. The lowest BCUT2D eigenvalue weighted by Crippen LogP contribution is -2.55. The maximum atomic E-state index is 14.2. The molecule has 4 unspecified atom stereocenters. The van der Waals surface area contributed by atoms with Gasteiger partial charge in [0.05, 0.1) is 0 Å². The monoisotopic (exact) mass is 487 g/mol. The highest BCUT2D eigenvalue weighted by Crippen LogP contribution is 2.41. The molecule has 0 saturated heterocycles. The highest BCUT2D eigenvalue weighted by Gasteiger charge is 2.48. The molecule has 2 rings (SSSR count). The van der Waals surface area contributed by atoms with E-state index in [4.69, 9.17) is 4.74 Å². The van der Waals surface area contributed by atoms with Gasteiger partial charge >= 0.3 is 6.09 Å². The SMILES string of the molecule is Cc1cccc(C(C(=O)NC(C)(C)C)N(C(=O)C(CC(C)C)NC(=O)OC(C)(C)C)C2CC2C)c1. The Balaban J connectivity index is 2.51. The summed E-state index contributed by atoms with van der Waals surface area (Å²) in [6.07, 6.45) is 0.626. The number of amides is 3. The van der Waals surface area contributed by atoms with Gasteiger partial charge in [0, 0.05) is 11.6 Å². The van der Waals surface area contributed by atoms with Gasteiger partial charge < -0.3 is 20.3 Å². The Bertz CT molecular complexity index is 914. The summed E-state index contributed by atoms with van der Waals surface area (Å²) in [7, 11) is 0. The van der Waals surface area contributed by atoms with Gasteiger partial charge in [-0.15, -0.1) is 0 Å². The van der Waals surface area contributed by atoms with Crippen molar-refractivity contribution in [2.75, 3.05) is 0 Å². The number of benzene rings is 1. The molecule has 1 aliphatic carbocycles. The van der Waals surface area contributed by atoms with Gasteiger partial charge in [-0.1, -0.05) is 50.6 Å². The molecular weight excluding hydrogens is 442 g/mol. The first kappa shape index (κ1) is 28.7. The third kappa shape index (κ3) is 8.86. The fourth-order valence-corrected chi connectivity index (χ4v) is 4.21. The molecule has 196 valence electrons. The molecule has 7 heteroatoms. The van der Waals surface area contributed by atoms with E-state index in [0.717, 1.165) is 17.5 Å². The maximum Gasteiger partial charge on any atom is 0.408 e. The molecule has 0 heterocycles. The van der Waals surface area contributed by atoms with E-state index in [9.17, 15) is 14.4 Å². The maximum absolute atomic E-state index is 14.2. The molecule has 1 aromatic carbocycles. The van der Waals surface area contributed by atoms with Crippen LogP contribution < -0.4 is 10.6 Å². The molecule has 0 radical (unpaired) electrons. The smallest absolute Gasteiger partial charge is 0.408 e. The number of rotatable bonds is 8. The zero-order valence-electron chi connectivity index (χ0n) is 23.2. The van der Waals surface area contributed by atoms with Gasteiger partial charge in [0.25, 0.3) is 0 Å². The number of carbonyl (C=O) groups excluding carboxylic acids is 3. The van der Waals surface area contributed by atoms with E-state index in [-0.39, 0.29) is 29.7 Å². The summed E-state index contributed by atoms with van der Waals surface area (Å²) in [6.45, 7) is 19.2. The van der Waals surface area contributed by atoms with Gasteiger partial charge in [-0.25, -0.2) is 4.79 Å². The second kappa shape index (κ2) is 11.0. The first-order valence-electron chi connectivity index (χ1n) is 12.7. The number of carbonyl (C=O) groups is 3. The van der Waals surface area contributed by atoms with Gasteiger partial charge in [-0.05, 0) is 78.7 Å². The van der Waals surface area contributed by atoms with Crippen molar-refractivity contribution in [1.29, 1.82) is 0 Å². The summed E-state index contributed by atoms with van der Waals surface area (Å²) in [5.74, 6) is -0.0568. The molecule has 2 N–H and O–H groups in total. The molecule has 7 nitrogen and oxygen atoms in total. The highest BCUT2D eigenvalue weighted by molar-refractivity contribution is 5.93. The first-order chi connectivity index (χ1) is 16.0. The Morgan fingerprint density at radius 1 is 1.11 bits per heavy atom. The Morgan fingerprint density at radius 3 is 2.17 bits per heavy atom. The van der Waals surface area contributed by atoms with Crippen molar-refractivity contribution < 1.29 is 19.1 Å². The summed E-state index contributed by atoms with van der Waals surface area (Å²) < 4.78 is 5.45. The van der Waals surface area contributed by atoms with E-state index >= 15 is 0 Å². The quantitative estimate of drug-likeness (QED) is 0.532. The molecule has 4 atom stereocenters. The van der Waals surface area contributed by atoms with Crippen LogP contribution in [0.4, 0.5) is 4.79 Å². The fourth-order valence-electron chi connectivity index (χ4n) is 4.21. The number of aryl methyl sites for hydroxylation is 1. The standard InChI is InChI=1S/C28H45N3O4/c1-17(2)14-21(29-26(34)35-28(8,9)10)25(33)31(22-16-19(22)4)23(24(32)30-27(5,6)7)20-13-11-12-18(3)15-20/h11-13,15,17,19,21-23H,14,16H2,1-10H3,(H,29,34)(H,30,32). The number of hydrogen-bond donors (Lipinski definition) is 2. The number of hydrogen-bond acceptors (Lipinski definition) is 4. The third-order valence-electron chi connectivity index (χ3n) is 5.76. The molecule has 1 aromatic rings. The van der Waals surface area contributed by atoms with Crippen LogP contribution in [0.25, 0.3) is 0 Å². The molecule has 1 saturated carbocycles. The molecule has 0 aliphatic heterocycles. The largest absolute Gasteiger partial charge is 0.444 e. The van der Waals surface area contributed by atoms with Crippen molar-refractivity contribution in [3.8, 4) is 0 Å².